The number of barbiturate groups is 1. The molecular weight excluding hydrogens is 458 g/mol. The van der Waals surface area contributed by atoms with Gasteiger partial charge in [0.05, 0.1) is 0 Å². The van der Waals surface area contributed by atoms with E-state index in [0.29, 0.717) is 0 Å². The molecule has 31 heavy (non-hydrogen) atoms. The van der Waals surface area contributed by atoms with Crippen LogP contribution in [-0.4, -0.2) is 33.4 Å². The molecule has 2 aromatic rings. The van der Waals surface area contributed by atoms with E-state index in [2.05, 4.69) is 51.8 Å². The molecule has 4 amide bonds. The maximum absolute atomic E-state index is 13.1. The molecule has 0 atom stereocenters. The highest BCUT2D eigenvalue weighted by Gasteiger charge is 2.40. The summed E-state index contributed by atoms with van der Waals surface area (Å²) >= 11 is 3.61. The van der Waals surface area contributed by atoms with Gasteiger partial charge in [-0.05, 0) is 81.5 Å². The topological polar surface area (TPSA) is 71.4 Å². The number of aromatic nitrogens is 1. The Morgan fingerprint density at radius 1 is 1.00 bits per heavy atom. The number of aryl methyl sites for hydroxylation is 3. The van der Waals surface area contributed by atoms with Crippen LogP contribution in [0.1, 0.15) is 53.8 Å². The number of nitrogens with one attached hydrogen (secondary N) is 1. The quantitative estimate of drug-likeness (QED) is 0.499. The zero-order chi connectivity index (χ0) is 22.4. The summed E-state index contributed by atoms with van der Waals surface area (Å²) in [5, 5.41) is 2.35. The van der Waals surface area contributed by atoms with Crippen LogP contribution in [0.5, 0.6) is 0 Å². The molecule has 0 bridgehead atoms. The van der Waals surface area contributed by atoms with Crippen molar-refractivity contribution in [3.05, 3.63) is 56.3 Å². The second-order valence-electron chi connectivity index (χ2n) is 8.49. The number of imide groups is 2. The van der Waals surface area contributed by atoms with E-state index >= 15 is 0 Å². The van der Waals surface area contributed by atoms with Gasteiger partial charge in [-0.15, -0.1) is 0 Å². The van der Waals surface area contributed by atoms with E-state index in [-0.39, 0.29) is 11.6 Å². The fraction of sp³-hybridized carbons (Fsp3) is 0.375. The third kappa shape index (κ3) is 3.76. The smallest absolute Gasteiger partial charge is 0.318 e. The molecule has 1 aliphatic heterocycles. The average Bonchev–Trinajstić information content (AvgIpc) is 3.31. The Morgan fingerprint density at radius 3 is 2.23 bits per heavy atom. The summed E-state index contributed by atoms with van der Waals surface area (Å²) < 4.78 is 3.20. The lowest BCUT2D eigenvalue weighted by atomic mass is 10.1. The van der Waals surface area contributed by atoms with Crippen molar-refractivity contribution in [1.82, 2.24) is 14.8 Å². The van der Waals surface area contributed by atoms with E-state index in [0.717, 1.165) is 63.9 Å². The van der Waals surface area contributed by atoms with Crippen LogP contribution in [0.2, 0.25) is 0 Å². The third-order valence-corrected chi connectivity index (χ3v) is 7.52. The molecule has 7 heteroatoms. The normalized spacial score (nSPS) is 18.9. The number of amides is 4. The first-order valence-corrected chi connectivity index (χ1v) is 11.3. The zero-order valence-corrected chi connectivity index (χ0v) is 19.8. The summed E-state index contributed by atoms with van der Waals surface area (Å²) in [7, 11) is 0. The third-order valence-electron chi connectivity index (χ3n) is 6.27. The van der Waals surface area contributed by atoms with Crippen molar-refractivity contribution < 1.29 is 14.4 Å². The van der Waals surface area contributed by atoms with E-state index in [1.165, 1.54) is 4.90 Å². The molecule has 1 aliphatic carbocycles. The molecule has 2 heterocycles. The van der Waals surface area contributed by atoms with Gasteiger partial charge in [-0.2, -0.15) is 0 Å². The number of hydrogen-bond acceptors (Lipinski definition) is 3. The maximum atomic E-state index is 13.1. The lowest BCUT2D eigenvalue weighted by Crippen LogP contribution is -2.57. The minimum Gasteiger partial charge on any atom is -0.318 e. The maximum Gasteiger partial charge on any atom is 0.331 e. The lowest BCUT2D eigenvalue weighted by Gasteiger charge is -2.31. The largest absolute Gasteiger partial charge is 0.331 e. The van der Waals surface area contributed by atoms with E-state index in [1.807, 2.05) is 19.9 Å². The highest BCUT2D eigenvalue weighted by atomic mass is 79.9. The molecule has 1 aromatic heterocycles. The van der Waals surface area contributed by atoms with Crippen molar-refractivity contribution in [1.29, 1.82) is 0 Å². The highest BCUT2D eigenvalue weighted by molar-refractivity contribution is 9.10. The number of carbonyl (C=O) groups excluding carboxylic acids is 3. The first-order chi connectivity index (χ1) is 14.7. The summed E-state index contributed by atoms with van der Waals surface area (Å²) in [4.78, 5) is 39.2. The molecule has 1 N–H and O–H groups in total. The standard InChI is InChI=1S/C24H26BrN3O3/c1-13-9-19(10-14(2)21(13)25)27-15(3)11-17(16(27)4)12-20-22(29)26-24(31)28(23(20)30)18-7-5-6-8-18/h9-12,18H,5-8H2,1-4H3,(H,26,29,31)/b20-12-. The molecule has 6 nitrogen and oxygen atoms in total. The van der Waals surface area contributed by atoms with Crippen LogP contribution in [0.4, 0.5) is 4.79 Å². The molecular formula is C24H26BrN3O3. The molecule has 0 unspecified atom stereocenters. The monoisotopic (exact) mass is 483 g/mol. The molecule has 4 rings (SSSR count). The summed E-state index contributed by atoms with van der Waals surface area (Å²) in [6, 6.07) is 5.43. The summed E-state index contributed by atoms with van der Waals surface area (Å²) in [5.41, 5.74) is 6.02. The van der Waals surface area contributed by atoms with Crippen molar-refractivity contribution >= 4 is 39.9 Å². The number of carbonyl (C=O) groups is 3. The first-order valence-electron chi connectivity index (χ1n) is 10.6. The Balaban J connectivity index is 1.75. The summed E-state index contributed by atoms with van der Waals surface area (Å²) in [5.74, 6) is -1.13. The predicted molar refractivity (Wildman–Crippen MR) is 123 cm³/mol. The van der Waals surface area contributed by atoms with E-state index in [1.54, 1.807) is 6.08 Å². The van der Waals surface area contributed by atoms with Crippen LogP contribution in [0.3, 0.4) is 0 Å². The van der Waals surface area contributed by atoms with Crippen LogP contribution in [0.25, 0.3) is 11.8 Å². The van der Waals surface area contributed by atoms with Crippen molar-refractivity contribution in [3.63, 3.8) is 0 Å². The number of benzene rings is 1. The molecule has 162 valence electrons. The summed E-state index contributed by atoms with van der Waals surface area (Å²) in [6.07, 6.45) is 5.17. The van der Waals surface area contributed by atoms with Crippen molar-refractivity contribution in [2.45, 2.75) is 59.4 Å². The predicted octanol–water partition coefficient (Wildman–Crippen LogP) is 4.88. The molecule has 2 aliphatic rings. The molecule has 1 saturated carbocycles. The number of hydrogen-bond donors (Lipinski definition) is 1. The average molecular weight is 484 g/mol. The SMILES string of the molecule is Cc1cc(-n2c(C)cc(/C=C3/C(=O)NC(=O)N(C4CCCC4)C3=O)c2C)cc(C)c1Br. The van der Waals surface area contributed by atoms with Crippen LogP contribution < -0.4 is 5.32 Å². The van der Waals surface area contributed by atoms with E-state index in [9.17, 15) is 14.4 Å². The van der Waals surface area contributed by atoms with Crippen molar-refractivity contribution in [2.75, 3.05) is 0 Å². The molecule has 0 radical (unpaired) electrons. The summed E-state index contributed by atoms with van der Waals surface area (Å²) in [6.45, 7) is 8.07. The van der Waals surface area contributed by atoms with Gasteiger partial charge in [0, 0.05) is 27.6 Å². The van der Waals surface area contributed by atoms with Crippen molar-refractivity contribution in [2.24, 2.45) is 0 Å². The first kappa shape index (κ1) is 21.6. The highest BCUT2D eigenvalue weighted by Crippen LogP contribution is 2.30. The molecule has 2 fully saturated rings. The number of nitrogens with zero attached hydrogens (tertiary/aromatic N) is 2. The van der Waals surface area contributed by atoms with Gasteiger partial charge in [0.1, 0.15) is 5.57 Å². The Bertz CT molecular complexity index is 1120. The number of urea groups is 1. The van der Waals surface area contributed by atoms with Gasteiger partial charge in [0.15, 0.2) is 0 Å². The fourth-order valence-electron chi connectivity index (χ4n) is 4.70. The fourth-order valence-corrected chi connectivity index (χ4v) is 4.93. The van der Waals surface area contributed by atoms with E-state index < -0.39 is 17.8 Å². The zero-order valence-electron chi connectivity index (χ0n) is 18.2. The van der Waals surface area contributed by atoms with Gasteiger partial charge in [-0.1, -0.05) is 28.8 Å². The Morgan fingerprint density at radius 2 is 1.61 bits per heavy atom. The van der Waals surface area contributed by atoms with E-state index in [4.69, 9.17) is 0 Å². The Labute approximate surface area is 190 Å². The molecule has 1 aromatic carbocycles. The molecule has 1 saturated heterocycles. The van der Waals surface area contributed by atoms with Crippen LogP contribution in [0, 0.1) is 27.7 Å². The lowest BCUT2D eigenvalue weighted by molar-refractivity contribution is -0.131. The van der Waals surface area contributed by atoms with Gasteiger partial charge in [-0.25, -0.2) is 4.79 Å². The van der Waals surface area contributed by atoms with Gasteiger partial charge >= 0.3 is 6.03 Å². The number of halogens is 1. The van der Waals surface area contributed by atoms with Crippen LogP contribution >= 0.6 is 15.9 Å². The van der Waals surface area contributed by atoms with Gasteiger partial charge < -0.3 is 4.57 Å². The second kappa shape index (κ2) is 8.11. The van der Waals surface area contributed by atoms with Crippen LogP contribution in [-0.2, 0) is 9.59 Å². The second-order valence-corrected chi connectivity index (χ2v) is 9.28. The van der Waals surface area contributed by atoms with Crippen LogP contribution in [0.15, 0.2) is 28.2 Å². The minimum absolute atomic E-state index is 0.00918. The Kier molecular flexibility index (Phi) is 5.64. The molecule has 0 spiro atoms. The van der Waals surface area contributed by atoms with Gasteiger partial charge in [-0.3, -0.25) is 19.8 Å². The van der Waals surface area contributed by atoms with Gasteiger partial charge in [0.25, 0.3) is 11.8 Å². The van der Waals surface area contributed by atoms with Crippen molar-refractivity contribution in [3.8, 4) is 5.69 Å². The Hall–Kier alpha value is -2.67. The number of rotatable bonds is 3. The minimum atomic E-state index is -0.635. The van der Waals surface area contributed by atoms with Gasteiger partial charge in [0.2, 0.25) is 0 Å².